The third kappa shape index (κ3) is 3.62. The van der Waals surface area contributed by atoms with E-state index in [0.29, 0.717) is 28.1 Å². The average Bonchev–Trinajstić information content (AvgIpc) is 3.12. The number of allylic oxidation sites excluding steroid dienone is 1. The lowest BCUT2D eigenvalue weighted by molar-refractivity contribution is 0.325. The third-order valence-corrected chi connectivity index (χ3v) is 5.66. The molecule has 0 saturated heterocycles. The number of hydrogen-bond acceptors (Lipinski definition) is 3. The molecule has 0 spiro atoms. The molecule has 144 valence electrons. The summed E-state index contributed by atoms with van der Waals surface area (Å²) in [4.78, 5) is 4.74. The zero-order valence-corrected chi connectivity index (χ0v) is 17.4. The summed E-state index contributed by atoms with van der Waals surface area (Å²) in [6.07, 6.45) is 3.66. The highest BCUT2D eigenvalue weighted by molar-refractivity contribution is 6.33. The topological polar surface area (TPSA) is 45.9 Å². The number of aromatic nitrogens is 1. The molecule has 1 aromatic heterocycles. The molecule has 0 N–H and O–H groups in total. The van der Waals surface area contributed by atoms with Crippen LogP contribution >= 0.6 is 23.2 Å². The van der Waals surface area contributed by atoms with Crippen LogP contribution in [-0.2, 0) is 6.42 Å². The summed E-state index contributed by atoms with van der Waals surface area (Å²) in [5.74, 6) is 0.343. The molecule has 4 rings (SSSR count). The van der Waals surface area contributed by atoms with Crippen LogP contribution in [0, 0.1) is 11.3 Å². The molecule has 1 heterocycles. The molecular formula is C24H18Cl2N2O. The molecule has 3 nitrogen and oxygen atoms in total. The highest BCUT2D eigenvalue weighted by atomic mass is 35.5. The normalized spacial score (nSPS) is 13.9. The number of nitrogens with zero attached hydrogens (tertiary/aromatic N) is 2. The lowest BCUT2D eigenvalue weighted by Crippen LogP contribution is -2.04. The van der Waals surface area contributed by atoms with E-state index in [0.717, 1.165) is 46.4 Å². The minimum atomic E-state index is 0.343. The van der Waals surface area contributed by atoms with E-state index >= 15 is 0 Å². The quantitative estimate of drug-likeness (QED) is 0.465. The van der Waals surface area contributed by atoms with E-state index < -0.39 is 0 Å². The van der Waals surface area contributed by atoms with Crippen molar-refractivity contribution < 1.29 is 4.74 Å². The van der Waals surface area contributed by atoms with Crippen LogP contribution in [0.15, 0.2) is 48.5 Å². The molecule has 2 aromatic carbocycles. The standard InChI is InChI=1S/C24H18Cl2N2O/c1-2-29-24-19(14-27)22(17-8-4-6-10-21(17)26)18-12-11-16(23(18)28-24)13-15-7-3-5-9-20(15)25/h3-10,13H,2,11-12H2,1H3/b16-13+. The van der Waals surface area contributed by atoms with Crippen LogP contribution in [0.25, 0.3) is 22.8 Å². The van der Waals surface area contributed by atoms with E-state index in [2.05, 4.69) is 12.1 Å². The Morgan fingerprint density at radius 1 is 1.07 bits per heavy atom. The number of pyridine rings is 1. The Labute approximate surface area is 180 Å². The Hall–Kier alpha value is -2.80. The Morgan fingerprint density at radius 2 is 1.79 bits per heavy atom. The second-order valence-electron chi connectivity index (χ2n) is 6.71. The maximum atomic E-state index is 9.90. The molecule has 5 heteroatoms. The molecule has 3 aromatic rings. The van der Waals surface area contributed by atoms with Crippen LogP contribution < -0.4 is 4.74 Å². The van der Waals surface area contributed by atoms with E-state index in [1.54, 1.807) is 0 Å². The van der Waals surface area contributed by atoms with Gasteiger partial charge in [-0.2, -0.15) is 5.26 Å². The maximum Gasteiger partial charge on any atom is 0.232 e. The zero-order valence-electron chi connectivity index (χ0n) is 15.9. The van der Waals surface area contributed by atoms with Gasteiger partial charge < -0.3 is 4.74 Å². The number of nitriles is 1. The summed E-state index contributed by atoms with van der Waals surface area (Å²) in [7, 11) is 0. The fourth-order valence-electron chi connectivity index (χ4n) is 3.71. The van der Waals surface area contributed by atoms with Crippen molar-refractivity contribution >= 4 is 34.9 Å². The summed E-state index contributed by atoms with van der Waals surface area (Å²) in [6.45, 7) is 2.30. The summed E-state index contributed by atoms with van der Waals surface area (Å²) < 4.78 is 5.75. The molecule has 1 aliphatic rings. The van der Waals surface area contributed by atoms with E-state index in [9.17, 15) is 5.26 Å². The van der Waals surface area contributed by atoms with Gasteiger partial charge in [0.25, 0.3) is 0 Å². The van der Waals surface area contributed by atoms with Crippen LogP contribution in [0.2, 0.25) is 10.0 Å². The van der Waals surface area contributed by atoms with Gasteiger partial charge in [-0.3, -0.25) is 0 Å². The Balaban J connectivity index is 1.98. The smallest absolute Gasteiger partial charge is 0.232 e. The molecule has 1 aliphatic carbocycles. The SMILES string of the molecule is CCOc1nc2c(c(-c3ccccc3Cl)c1C#N)CC/C2=C\c1ccccc1Cl. The van der Waals surface area contributed by atoms with Gasteiger partial charge in [-0.15, -0.1) is 0 Å². The van der Waals surface area contributed by atoms with Gasteiger partial charge in [-0.1, -0.05) is 59.6 Å². The predicted molar refractivity (Wildman–Crippen MR) is 118 cm³/mol. The van der Waals surface area contributed by atoms with E-state index in [1.807, 2.05) is 55.5 Å². The van der Waals surface area contributed by atoms with Crippen molar-refractivity contribution in [3.05, 3.63) is 81.0 Å². The van der Waals surface area contributed by atoms with Crippen molar-refractivity contribution in [3.63, 3.8) is 0 Å². The van der Waals surface area contributed by atoms with Gasteiger partial charge >= 0.3 is 0 Å². The first-order valence-corrected chi connectivity index (χ1v) is 10.2. The van der Waals surface area contributed by atoms with Crippen LogP contribution in [0.3, 0.4) is 0 Å². The van der Waals surface area contributed by atoms with Crippen LogP contribution in [0.1, 0.15) is 35.7 Å². The predicted octanol–water partition coefficient (Wildman–Crippen LogP) is 6.81. The highest BCUT2D eigenvalue weighted by Gasteiger charge is 2.28. The number of fused-ring (bicyclic) bond motifs is 1. The molecule has 0 aliphatic heterocycles. The fraction of sp³-hybridized carbons (Fsp3) is 0.167. The molecule has 0 unspecified atom stereocenters. The number of rotatable bonds is 4. The summed E-state index contributed by atoms with van der Waals surface area (Å²) >= 11 is 12.9. The zero-order chi connectivity index (χ0) is 20.4. The van der Waals surface area contributed by atoms with E-state index in [1.165, 1.54) is 0 Å². The first-order valence-electron chi connectivity index (χ1n) is 9.44. The maximum absolute atomic E-state index is 9.90. The Bertz CT molecular complexity index is 1160. The van der Waals surface area contributed by atoms with Crippen molar-refractivity contribution in [2.45, 2.75) is 19.8 Å². The van der Waals surface area contributed by atoms with Crippen LogP contribution in [0.5, 0.6) is 5.88 Å². The fourth-order valence-corrected chi connectivity index (χ4v) is 4.14. The van der Waals surface area contributed by atoms with E-state index in [-0.39, 0.29) is 0 Å². The van der Waals surface area contributed by atoms with Crippen LogP contribution in [0.4, 0.5) is 0 Å². The average molecular weight is 421 g/mol. The highest BCUT2D eigenvalue weighted by Crippen LogP contribution is 2.44. The van der Waals surface area contributed by atoms with Gasteiger partial charge in [0, 0.05) is 21.2 Å². The van der Waals surface area contributed by atoms with Crippen molar-refractivity contribution in [3.8, 4) is 23.1 Å². The number of benzene rings is 2. The largest absolute Gasteiger partial charge is 0.477 e. The summed E-state index contributed by atoms with van der Waals surface area (Å²) in [5.41, 5.74) is 5.96. The second-order valence-corrected chi connectivity index (χ2v) is 7.52. The number of halogens is 2. The number of hydrogen-bond donors (Lipinski definition) is 0. The molecule has 0 radical (unpaired) electrons. The second kappa shape index (κ2) is 8.29. The molecule has 0 bridgehead atoms. The van der Waals surface area contributed by atoms with Crippen LogP contribution in [-0.4, -0.2) is 11.6 Å². The number of ether oxygens (including phenoxy) is 1. The van der Waals surface area contributed by atoms with Gasteiger partial charge in [0.1, 0.15) is 11.6 Å². The third-order valence-electron chi connectivity index (χ3n) is 4.98. The molecule has 0 fully saturated rings. The van der Waals surface area contributed by atoms with Crippen molar-refractivity contribution in [1.82, 2.24) is 4.98 Å². The molecule has 0 atom stereocenters. The van der Waals surface area contributed by atoms with Crippen molar-refractivity contribution in [2.75, 3.05) is 6.61 Å². The molecule has 0 amide bonds. The lowest BCUT2D eigenvalue weighted by atomic mass is 9.94. The first kappa shape index (κ1) is 19.5. The first-order chi connectivity index (χ1) is 14.1. The molecule has 29 heavy (non-hydrogen) atoms. The summed E-state index contributed by atoms with van der Waals surface area (Å²) in [6, 6.07) is 17.6. The van der Waals surface area contributed by atoms with Gasteiger partial charge in [0.05, 0.1) is 12.3 Å². The summed E-state index contributed by atoms with van der Waals surface area (Å²) in [5, 5.41) is 11.2. The molecular weight excluding hydrogens is 403 g/mol. The van der Waals surface area contributed by atoms with Gasteiger partial charge in [-0.05, 0) is 54.7 Å². The Morgan fingerprint density at radius 3 is 2.48 bits per heavy atom. The monoisotopic (exact) mass is 420 g/mol. The van der Waals surface area contributed by atoms with Gasteiger partial charge in [0.2, 0.25) is 5.88 Å². The molecule has 0 saturated carbocycles. The lowest BCUT2D eigenvalue weighted by Gasteiger charge is -2.15. The van der Waals surface area contributed by atoms with Gasteiger partial charge in [0.15, 0.2) is 0 Å². The minimum absolute atomic E-state index is 0.343. The Kier molecular flexibility index (Phi) is 5.58. The minimum Gasteiger partial charge on any atom is -0.477 e. The van der Waals surface area contributed by atoms with E-state index in [4.69, 9.17) is 32.9 Å². The van der Waals surface area contributed by atoms with Gasteiger partial charge in [-0.25, -0.2) is 4.98 Å². The van der Waals surface area contributed by atoms with Crippen molar-refractivity contribution in [2.24, 2.45) is 0 Å². The van der Waals surface area contributed by atoms with Crippen molar-refractivity contribution in [1.29, 1.82) is 5.26 Å².